The van der Waals surface area contributed by atoms with Crippen LogP contribution >= 0.6 is 0 Å². The van der Waals surface area contributed by atoms with Crippen LogP contribution in [-0.4, -0.2) is 39.3 Å². The quantitative estimate of drug-likeness (QED) is 0.761. The lowest BCUT2D eigenvalue weighted by molar-refractivity contribution is -0.136. The summed E-state index contributed by atoms with van der Waals surface area (Å²) in [7, 11) is 4.14. The third-order valence-electron chi connectivity index (χ3n) is 4.89. The lowest BCUT2D eigenvalue weighted by Gasteiger charge is -2.35. The fraction of sp³-hybridized carbons (Fsp3) is 0.227. The number of urea groups is 1. The van der Waals surface area contributed by atoms with E-state index in [1.54, 1.807) is 62.6 Å². The molecule has 2 aromatic rings. The minimum atomic E-state index is -0.730. The fourth-order valence-corrected chi connectivity index (χ4v) is 3.34. The maximum absolute atomic E-state index is 12.9. The van der Waals surface area contributed by atoms with E-state index >= 15 is 0 Å². The summed E-state index contributed by atoms with van der Waals surface area (Å²) in [5.74, 6) is -0.387. The van der Waals surface area contributed by atoms with Crippen LogP contribution in [0.15, 0.2) is 59.8 Å². The van der Waals surface area contributed by atoms with E-state index in [1.165, 1.54) is 19.1 Å². The molecular formula is C22H22N2O6. The van der Waals surface area contributed by atoms with Gasteiger partial charge >= 0.3 is 18.0 Å². The maximum Gasteiger partial charge on any atom is 0.337 e. The van der Waals surface area contributed by atoms with Gasteiger partial charge in [0.15, 0.2) is 0 Å². The molecule has 30 heavy (non-hydrogen) atoms. The molecule has 0 fully saturated rings. The number of benzene rings is 2. The van der Waals surface area contributed by atoms with Crippen molar-refractivity contribution in [2.45, 2.75) is 13.0 Å². The molecule has 1 aliphatic rings. The standard InChI is InChI=1S/C22H22N2O6/c1-13-18(21(26)30-4)19(14-5-7-15(8-6-14)20(25)29-3)23-22(27)24(13)16-9-11-17(28-2)12-10-16/h5-12,19H,1-4H3,(H,23,27). The Morgan fingerprint density at radius 3 is 2.03 bits per heavy atom. The van der Waals surface area contributed by atoms with E-state index in [0.717, 1.165) is 0 Å². The van der Waals surface area contributed by atoms with Gasteiger partial charge in [-0.15, -0.1) is 0 Å². The summed E-state index contributed by atoms with van der Waals surface area (Å²) in [6.07, 6.45) is 0. The number of nitrogens with one attached hydrogen (secondary N) is 1. The summed E-state index contributed by atoms with van der Waals surface area (Å²) in [4.78, 5) is 38.6. The van der Waals surface area contributed by atoms with Crippen molar-refractivity contribution in [3.8, 4) is 5.75 Å². The lowest BCUT2D eigenvalue weighted by atomic mass is 9.94. The molecule has 1 unspecified atom stereocenters. The predicted molar refractivity (Wildman–Crippen MR) is 109 cm³/mol. The predicted octanol–water partition coefficient (Wildman–Crippen LogP) is 3.20. The molecule has 1 heterocycles. The van der Waals surface area contributed by atoms with Crippen LogP contribution in [0.2, 0.25) is 0 Å². The Morgan fingerprint density at radius 1 is 0.900 bits per heavy atom. The van der Waals surface area contributed by atoms with Gasteiger partial charge in [0, 0.05) is 5.70 Å². The summed E-state index contributed by atoms with van der Waals surface area (Å²) < 4.78 is 14.8. The molecule has 1 aliphatic heterocycles. The van der Waals surface area contributed by atoms with Crippen LogP contribution in [0.5, 0.6) is 5.75 Å². The summed E-state index contributed by atoms with van der Waals surface area (Å²) in [6.45, 7) is 1.69. The molecule has 0 bridgehead atoms. The Balaban J connectivity index is 2.05. The van der Waals surface area contributed by atoms with Gasteiger partial charge in [-0.1, -0.05) is 12.1 Å². The highest BCUT2D eigenvalue weighted by molar-refractivity contribution is 6.03. The number of hydrogen-bond acceptors (Lipinski definition) is 6. The summed E-state index contributed by atoms with van der Waals surface area (Å²) in [5.41, 5.74) is 2.30. The molecule has 0 aliphatic carbocycles. The molecule has 1 atom stereocenters. The first kappa shape index (κ1) is 20.9. The summed E-state index contributed by atoms with van der Waals surface area (Å²) in [6, 6.07) is 12.3. The van der Waals surface area contributed by atoms with Crippen LogP contribution in [0.1, 0.15) is 28.9 Å². The minimum absolute atomic E-state index is 0.290. The Kier molecular flexibility index (Phi) is 6.06. The molecule has 1 N–H and O–H groups in total. The number of ether oxygens (including phenoxy) is 3. The van der Waals surface area contributed by atoms with Gasteiger partial charge < -0.3 is 19.5 Å². The average molecular weight is 410 g/mol. The van der Waals surface area contributed by atoms with Crippen molar-refractivity contribution in [1.82, 2.24) is 5.32 Å². The molecule has 0 spiro atoms. The second kappa shape index (κ2) is 8.69. The van der Waals surface area contributed by atoms with Gasteiger partial charge in [-0.2, -0.15) is 0 Å². The van der Waals surface area contributed by atoms with Gasteiger partial charge in [0.2, 0.25) is 0 Å². The fourth-order valence-electron chi connectivity index (χ4n) is 3.34. The van der Waals surface area contributed by atoms with Gasteiger partial charge in [-0.3, -0.25) is 4.90 Å². The minimum Gasteiger partial charge on any atom is -0.497 e. The number of nitrogens with zero attached hydrogens (tertiary/aromatic N) is 1. The number of carbonyl (C=O) groups excluding carboxylic acids is 3. The monoisotopic (exact) mass is 410 g/mol. The van der Waals surface area contributed by atoms with E-state index in [-0.39, 0.29) is 0 Å². The van der Waals surface area contributed by atoms with Crippen molar-refractivity contribution in [2.24, 2.45) is 0 Å². The zero-order chi connectivity index (χ0) is 21.8. The van der Waals surface area contributed by atoms with E-state index in [1.807, 2.05) is 0 Å². The van der Waals surface area contributed by atoms with Crippen LogP contribution < -0.4 is 15.0 Å². The molecular weight excluding hydrogens is 388 g/mol. The third kappa shape index (κ3) is 3.84. The van der Waals surface area contributed by atoms with Gasteiger partial charge in [0.25, 0.3) is 0 Å². The Hall–Kier alpha value is -3.81. The van der Waals surface area contributed by atoms with Crippen LogP contribution in [0.25, 0.3) is 0 Å². The molecule has 0 radical (unpaired) electrons. The van der Waals surface area contributed by atoms with Crippen LogP contribution in [0.4, 0.5) is 10.5 Å². The molecule has 2 aromatic carbocycles. The van der Waals surface area contributed by atoms with Gasteiger partial charge in [0.05, 0.1) is 44.2 Å². The van der Waals surface area contributed by atoms with Crippen LogP contribution in [0.3, 0.4) is 0 Å². The zero-order valence-electron chi connectivity index (χ0n) is 17.1. The first-order valence-corrected chi connectivity index (χ1v) is 9.13. The molecule has 156 valence electrons. The van der Waals surface area contributed by atoms with Gasteiger partial charge in [-0.05, 0) is 48.9 Å². The van der Waals surface area contributed by atoms with Crippen LogP contribution in [0, 0.1) is 0 Å². The Morgan fingerprint density at radius 2 is 1.50 bits per heavy atom. The Labute approximate surface area is 174 Å². The highest BCUT2D eigenvalue weighted by Gasteiger charge is 2.37. The van der Waals surface area contributed by atoms with Crippen molar-refractivity contribution < 1.29 is 28.6 Å². The number of carbonyl (C=O) groups is 3. The van der Waals surface area contributed by atoms with E-state index in [0.29, 0.717) is 33.8 Å². The van der Waals surface area contributed by atoms with E-state index in [9.17, 15) is 14.4 Å². The highest BCUT2D eigenvalue weighted by atomic mass is 16.5. The van der Waals surface area contributed by atoms with Crippen molar-refractivity contribution >= 4 is 23.7 Å². The average Bonchev–Trinajstić information content (AvgIpc) is 2.78. The summed E-state index contributed by atoms with van der Waals surface area (Å²) >= 11 is 0. The van der Waals surface area contributed by atoms with Gasteiger partial charge in [0.1, 0.15) is 5.75 Å². The second-order valence-electron chi connectivity index (χ2n) is 6.52. The number of amides is 2. The van der Waals surface area contributed by atoms with Gasteiger partial charge in [-0.25, -0.2) is 14.4 Å². The zero-order valence-corrected chi connectivity index (χ0v) is 17.1. The topological polar surface area (TPSA) is 94.2 Å². The molecule has 0 saturated carbocycles. The third-order valence-corrected chi connectivity index (χ3v) is 4.89. The maximum atomic E-state index is 12.9. The molecule has 2 amide bonds. The number of rotatable bonds is 5. The molecule has 0 saturated heterocycles. The molecule has 8 nitrogen and oxygen atoms in total. The Bertz CT molecular complexity index is 995. The molecule has 3 rings (SSSR count). The van der Waals surface area contributed by atoms with Crippen molar-refractivity contribution in [2.75, 3.05) is 26.2 Å². The van der Waals surface area contributed by atoms with Crippen LogP contribution in [-0.2, 0) is 14.3 Å². The van der Waals surface area contributed by atoms with E-state index in [4.69, 9.17) is 14.2 Å². The van der Waals surface area contributed by atoms with Crippen molar-refractivity contribution in [1.29, 1.82) is 0 Å². The SMILES string of the molecule is COC(=O)C1=C(C)N(c2ccc(OC)cc2)C(=O)NC1c1ccc(C(=O)OC)cc1. The lowest BCUT2D eigenvalue weighted by Crippen LogP contribution is -2.48. The largest absolute Gasteiger partial charge is 0.497 e. The first-order valence-electron chi connectivity index (χ1n) is 9.13. The normalized spacial score (nSPS) is 16.1. The van der Waals surface area contributed by atoms with E-state index < -0.39 is 24.0 Å². The second-order valence-corrected chi connectivity index (χ2v) is 6.52. The van der Waals surface area contributed by atoms with Crippen molar-refractivity contribution in [3.63, 3.8) is 0 Å². The number of methoxy groups -OCH3 is 3. The summed E-state index contributed by atoms with van der Waals surface area (Å²) in [5, 5.41) is 2.85. The smallest absolute Gasteiger partial charge is 0.337 e. The van der Waals surface area contributed by atoms with E-state index in [2.05, 4.69) is 5.32 Å². The molecule has 8 heteroatoms. The number of esters is 2. The first-order chi connectivity index (χ1) is 14.4. The van der Waals surface area contributed by atoms with Crippen molar-refractivity contribution in [3.05, 3.63) is 70.9 Å². The highest BCUT2D eigenvalue weighted by Crippen LogP contribution is 2.34. The number of allylic oxidation sites excluding steroid dienone is 1. The number of anilines is 1. The number of hydrogen-bond donors (Lipinski definition) is 1. The molecule has 0 aromatic heterocycles.